The molecule has 4 nitrogen and oxygen atoms in total. The van der Waals surface area contributed by atoms with Crippen LogP contribution in [0, 0.1) is 5.82 Å². The summed E-state index contributed by atoms with van der Waals surface area (Å²) in [5.41, 5.74) is 9.15. The lowest BCUT2D eigenvalue weighted by molar-refractivity contribution is 0.629. The molecule has 106 valence electrons. The molecule has 0 amide bonds. The fourth-order valence-electron chi connectivity index (χ4n) is 2.71. The van der Waals surface area contributed by atoms with Crippen molar-refractivity contribution >= 4 is 11.0 Å². The first-order chi connectivity index (χ1) is 10.3. The highest BCUT2D eigenvalue weighted by Crippen LogP contribution is 2.41. The molecule has 0 saturated heterocycles. The third-order valence-electron chi connectivity index (χ3n) is 3.85. The maximum Gasteiger partial charge on any atom is 0.141 e. The number of rotatable bonds is 3. The number of nitrogens with zero attached hydrogens (tertiary/aromatic N) is 3. The van der Waals surface area contributed by atoms with Crippen LogP contribution in [-0.4, -0.2) is 14.5 Å². The Morgan fingerprint density at radius 3 is 2.86 bits per heavy atom. The van der Waals surface area contributed by atoms with E-state index in [0.717, 1.165) is 35.4 Å². The quantitative estimate of drug-likeness (QED) is 0.803. The molecule has 1 fully saturated rings. The number of nitrogens with two attached hydrogens (primary N) is 1. The lowest BCUT2D eigenvalue weighted by atomic mass is 10.2. The molecular formula is C16H15FN4. The fraction of sp³-hybridized carbons (Fsp3) is 0.250. The maximum atomic E-state index is 13.4. The summed E-state index contributed by atoms with van der Waals surface area (Å²) in [5, 5.41) is 0. The third kappa shape index (κ3) is 2.10. The lowest BCUT2D eigenvalue weighted by Crippen LogP contribution is -2.01. The van der Waals surface area contributed by atoms with Gasteiger partial charge in [-0.25, -0.2) is 9.37 Å². The number of hydrogen-bond donors (Lipinski definition) is 1. The number of imidazole rings is 1. The average molecular weight is 282 g/mol. The first kappa shape index (κ1) is 12.5. The summed E-state index contributed by atoms with van der Waals surface area (Å²) in [6, 6.07) is 9.13. The Kier molecular flexibility index (Phi) is 2.75. The Hall–Kier alpha value is -2.27. The largest absolute Gasteiger partial charge is 0.325 e. The monoisotopic (exact) mass is 282 g/mol. The van der Waals surface area contributed by atoms with Crippen LogP contribution < -0.4 is 5.73 Å². The van der Waals surface area contributed by atoms with E-state index in [1.165, 1.54) is 12.1 Å². The molecule has 4 rings (SSSR count). The number of aromatic nitrogens is 3. The fourth-order valence-corrected chi connectivity index (χ4v) is 2.71. The number of hydrogen-bond acceptors (Lipinski definition) is 3. The van der Waals surface area contributed by atoms with E-state index in [9.17, 15) is 4.39 Å². The first-order valence-corrected chi connectivity index (χ1v) is 7.09. The Morgan fingerprint density at radius 2 is 2.10 bits per heavy atom. The normalized spacial score (nSPS) is 14.8. The molecule has 0 spiro atoms. The van der Waals surface area contributed by atoms with Crippen LogP contribution in [0.15, 0.2) is 36.5 Å². The number of benzene rings is 1. The van der Waals surface area contributed by atoms with Crippen LogP contribution >= 0.6 is 0 Å². The SMILES string of the molecule is NCc1cc(-c2nc3cc(F)ccc3n2C2CC2)ccn1. The van der Waals surface area contributed by atoms with Crippen LogP contribution in [0.3, 0.4) is 0 Å². The topological polar surface area (TPSA) is 56.7 Å². The van der Waals surface area contributed by atoms with Gasteiger partial charge >= 0.3 is 0 Å². The van der Waals surface area contributed by atoms with Crippen molar-refractivity contribution in [2.24, 2.45) is 5.73 Å². The highest BCUT2D eigenvalue weighted by atomic mass is 19.1. The van der Waals surface area contributed by atoms with Crippen molar-refractivity contribution in [1.82, 2.24) is 14.5 Å². The van der Waals surface area contributed by atoms with E-state index in [4.69, 9.17) is 5.73 Å². The second-order valence-corrected chi connectivity index (χ2v) is 5.41. The molecule has 2 aromatic heterocycles. The van der Waals surface area contributed by atoms with Crippen LogP contribution in [0.2, 0.25) is 0 Å². The Morgan fingerprint density at radius 1 is 1.24 bits per heavy atom. The van der Waals surface area contributed by atoms with Gasteiger partial charge in [0.05, 0.1) is 16.7 Å². The molecular weight excluding hydrogens is 267 g/mol. The molecule has 2 N–H and O–H groups in total. The van der Waals surface area contributed by atoms with Gasteiger partial charge in [0.1, 0.15) is 11.6 Å². The molecule has 21 heavy (non-hydrogen) atoms. The van der Waals surface area contributed by atoms with E-state index < -0.39 is 0 Å². The molecule has 2 heterocycles. The van der Waals surface area contributed by atoms with E-state index in [1.807, 2.05) is 18.2 Å². The summed E-state index contributed by atoms with van der Waals surface area (Å²) in [6.45, 7) is 0.395. The van der Waals surface area contributed by atoms with Gasteiger partial charge in [-0.3, -0.25) is 4.98 Å². The van der Waals surface area contributed by atoms with Crippen molar-refractivity contribution in [2.45, 2.75) is 25.4 Å². The van der Waals surface area contributed by atoms with E-state index >= 15 is 0 Å². The van der Waals surface area contributed by atoms with Crippen molar-refractivity contribution in [2.75, 3.05) is 0 Å². The van der Waals surface area contributed by atoms with Gasteiger partial charge < -0.3 is 10.3 Å². The van der Waals surface area contributed by atoms with Gasteiger partial charge in [0.15, 0.2) is 0 Å². The lowest BCUT2D eigenvalue weighted by Gasteiger charge is -2.08. The van der Waals surface area contributed by atoms with E-state index in [2.05, 4.69) is 14.5 Å². The molecule has 0 bridgehead atoms. The predicted octanol–water partition coefficient (Wildman–Crippen LogP) is 3.03. The van der Waals surface area contributed by atoms with Crippen molar-refractivity contribution in [1.29, 1.82) is 0 Å². The zero-order chi connectivity index (χ0) is 14.4. The van der Waals surface area contributed by atoms with Gasteiger partial charge in [-0.1, -0.05) is 0 Å². The van der Waals surface area contributed by atoms with Gasteiger partial charge in [-0.15, -0.1) is 0 Å². The second-order valence-electron chi connectivity index (χ2n) is 5.41. The van der Waals surface area contributed by atoms with E-state index in [1.54, 1.807) is 6.20 Å². The molecule has 0 radical (unpaired) electrons. The van der Waals surface area contributed by atoms with Crippen LogP contribution in [0.25, 0.3) is 22.4 Å². The highest BCUT2D eigenvalue weighted by Gasteiger charge is 2.28. The number of pyridine rings is 1. The van der Waals surface area contributed by atoms with Gasteiger partial charge in [0.25, 0.3) is 0 Å². The maximum absolute atomic E-state index is 13.4. The van der Waals surface area contributed by atoms with Crippen molar-refractivity contribution in [3.05, 3.63) is 48.0 Å². The zero-order valence-electron chi connectivity index (χ0n) is 11.5. The molecule has 1 aromatic carbocycles. The summed E-state index contributed by atoms with van der Waals surface area (Å²) in [4.78, 5) is 8.85. The minimum Gasteiger partial charge on any atom is -0.325 e. The minimum absolute atomic E-state index is 0.258. The van der Waals surface area contributed by atoms with E-state index in [-0.39, 0.29) is 5.82 Å². The smallest absolute Gasteiger partial charge is 0.141 e. The Labute approximate surface area is 121 Å². The van der Waals surface area contributed by atoms with Gasteiger partial charge in [-0.05, 0) is 37.1 Å². The van der Waals surface area contributed by atoms with Crippen LogP contribution in [0.4, 0.5) is 4.39 Å². The predicted molar refractivity (Wildman–Crippen MR) is 79.1 cm³/mol. The molecule has 1 aliphatic carbocycles. The van der Waals surface area contributed by atoms with Gasteiger partial charge in [0, 0.05) is 30.4 Å². The molecule has 5 heteroatoms. The van der Waals surface area contributed by atoms with E-state index in [0.29, 0.717) is 18.1 Å². The summed E-state index contributed by atoms with van der Waals surface area (Å²) in [5.74, 6) is 0.613. The first-order valence-electron chi connectivity index (χ1n) is 7.09. The molecule has 1 saturated carbocycles. The van der Waals surface area contributed by atoms with Crippen molar-refractivity contribution in [3.8, 4) is 11.4 Å². The summed E-state index contributed by atoms with van der Waals surface area (Å²) >= 11 is 0. The summed E-state index contributed by atoms with van der Waals surface area (Å²) in [6.07, 6.45) is 4.03. The average Bonchev–Trinajstić information content (AvgIpc) is 3.27. The molecule has 0 aliphatic heterocycles. The van der Waals surface area contributed by atoms with Crippen molar-refractivity contribution in [3.63, 3.8) is 0 Å². The number of halogens is 1. The molecule has 0 atom stereocenters. The second kappa shape index (κ2) is 4.63. The summed E-state index contributed by atoms with van der Waals surface area (Å²) < 4.78 is 15.7. The van der Waals surface area contributed by atoms with Crippen LogP contribution in [0.5, 0.6) is 0 Å². The number of fused-ring (bicyclic) bond motifs is 1. The minimum atomic E-state index is -0.258. The third-order valence-corrected chi connectivity index (χ3v) is 3.85. The van der Waals surface area contributed by atoms with Gasteiger partial charge in [-0.2, -0.15) is 0 Å². The van der Waals surface area contributed by atoms with Crippen LogP contribution in [-0.2, 0) is 6.54 Å². The Balaban J connectivity index is 1.96. The zero-order valence-corrected chi connectivity index (χ0v) is 11.5. The Bertz CT molecular complexity index is 820. The summed E-state index contributed by atoms with van der Waals surface area (Å²) in [7, 11) is 0. The standard InChI is InChI=1S/C16H15FN4/c17-11-1-4-15-14(8-11)20-16(21(15)13-2-3-13)10-5-6-19-12(7-10)9-18/h1,4-8,13H,2-3,9,18H2. The highest BCUT2D eigenvalue weighted by molar-refractivity contribution is 5.81. The van der Waals surface area contributed by atoms with Crippen LogP contribution in [0.1, 0.15) is 24.6 Å². The molecule has 0 unspecified atom stereocenters. The molecule has 3 aromatic rings. The van der Waals surface area contributed by atoms with Gasteiger partial charge in [0.2, 0.25) is 0 Å². The molecule has 1 aliphatic rings. The van der Waals surface area contributed by atoms with Crippen molar-refractivity contribution < 1.29 is 4.39 Å².